The second-order valence-corrected chi connectivity index (χ2v) is 7.85. The number of benzene rings is 1. The highest BCUT2D eigenvalue weighted by Crippen LogP contribution is 2.34. The lowest BCUT2D eigenvalue weighted by atomic mass is 9.81. The minimum absolute atomic E-state index is 0.0689. The predicted octanol–water partition coefficient (Wildman–Crippen LogP) is 3.70. The molecule has 0 radical (unpaired) electrons. The highest BCUT2D eigenvalue weighted by atomic mass is 19.1. The fourth-order valence-electron chi connectivity index (χ4n) is 3.87. The number of aromatic nitrogens is 3. The molecule has 7 heteroatoms. The Bertz CT molecular complexity index is 1030. The number of oxazole rings is 1. The van der Waals surface area contributed by atoms with E-state index < -0.39 is 0 Å². The Hall–Kier alpha value is -3.09. The highest BCUT2D eigenvalue weighted by molar-refractivity contribution is 5.95. The summed E-state index contributed by atoms with van der Waals surface area (Å²) in [5, 5.41) is 0. The van der Waals surface area contributed by atoms with Crippen LogP contribution < -0.4 is 0 Å². The van der Waals surface area contributed by atoms with Crippen LogP contribution in [0.2, 0.25) is 0 Å². The van der Waals surface area contributed by atoms with Gasteiger partial charge in [-0.3, -0.25) is 4.79 Å². The summed E-state index contributed by atoms with van der Waals surface area (Å²) in [4.78, 5) is 27.4. The first-order chi connectivity index (χ1) is 13.9. The van der Waals surface area contributed by atoms with Gasteiger partial charge in [0.15, 0.2) is 0 Å². The molecule has 0 unspecified atom stereocenters. The van der Waals surface area contributed by atoms with E-state index in [1.165, 1.54) is 18.5 Å². The van der Waals surface area contributed by atoms with E-state index >= 15 is 0 Å². The Balaban J connectivity index is 1.51. The third-order valence-electron chi connectivity index (χ3n) is 5.46. The third-order valence-corrected chi connectivity index (χ3v) is 5.46. The molecular weight excluding hydrogens is 371 g/mol. The smallest absolute Gasteiger partial charge is 0.257 e. The maximum absolute atomic E-state index is 13.4. The summed E-state index contributed by atoms with van der Waals surface area (Å²) in [6, 6.07) is 6.46. The molecule has 1 fully saturated rings. The van der Waals surface area contributed by atoms with Gasteiger partial charge in [-0.1, -0.05) is 12.1 Å². The van der Waals surface area contributed by atoms with Crippen molar-refractivity contribution >= 4 is 5.91 Å². The Morgan fingerprint density at radius 1 is 1.31 bits per heavy atom. The number of likely N-dealkylation sites (tertiary alicyclic amines) is 1. The summed E-state index contributed by atoms with van der Waals surface area (Å²) in [7, 11) is 0. The van der Waals surface area contributed by atoms with E-state index in [0.717, 1.165) is 18.4 Å². The quantitative estimate of drug-likeness (QED) is 0.675. The van der Waals surface area contributed by atoms with E-state index in [9.17, 15) is 9.18 Å². The zero-order chi connectivity index (χ0) is 20.4. The summed E-state index contributed by atoms with van der Waals surface area (Å²) in [6.45, 7) is 5.07. The van der Waals surface area contributed by atoms with Gasteiger partial charge in [0.2, 0.25) is 5.89 Å². The van der Waals surface area contributed by atoms with Crippen LogP contribution in [0.1, 0.15) is 53.0 Å². The summed E-state index contributed by atoms with van der Waals surface area (Å²) >= 11 is 0. The SMILES string of the molecule is Cc1ncncc1C(=O)N1CCC[C@](C)(c2ncc(Cc3cccc(F)c3)o2)C1. The highest BCUT2D eigenvalue weighted by Gasteiger charge is 2.39. The van der Waals surface area contributed by atoms with Crippen molar-refractivity contribution in [3.63, 3.8) is 0 Å². The molecule has 1 atom stereocenters. The van der Waals surface area contributed by atoms with Crippen LogP contribution in [0.5, 0.6) is 0 Å². The Morgan fingerprint density at radius 3 is 2.97 bits per heavy atom. The molecule has 2 aromatic heterocycles. The lowest BCUT2D eigenvalue weighted by Crippen LogP contribution is -2.47. The van der Waals surface area contributed by atoms with Crippen molar-refractivity contribution in [1.82, 2.24) is 19.9 Å². The Kier molecular flexibility index (Phi) is 5.13. The van der Waals surface area contributed by atoms with Crippen molar-refractivity contribution in [2.45, 2.75) is 38.5 Å². The molecule has 3 aromatic rings. The van der Waals surface area contributed by atoms with Gasteiger partial charge in [-0.05, 0) is 44.4 Å². The number of hydrogen-bond donors (Lipinski definition) is 0. The molecule has 0 bridgehead atoms. The standard InChI is InChI=1S/C22H23FN4O2/c1-15-19(12-24-14-26-15)20(28)27-8-4-7-22(2,13-27)21-25-11-18(29-21)10-16-5-3-6-17(23)9-16/h3,5-6,9,11-12,14H,4,7-8,10,13H2,1-2H3/t22-/m0/s1. The second-order valence-electron chi connectivity index (χ2n) is 7.85. The van der Waals surface area contributed by atoms with Gasteiger partial charge >= 0.3 is 0 Å². The maximum Gasteiger partial charge on any atom is 0.257 e. The average Bonchev–Trinajstić information content (AvgIpc) is 3.17. The normalized spacial score (nSPS) is 19.3. The zero-order valence-electron chi connectivity index (χ0n) is 16.6. The van der Waals surface area contributed by atoms with Crippen LogP contribution >= 0.6 is 0 Å². The van der Waals surface area contributed by atoms with Crippen molar-refractivity contribution in [2.75, 3.05) is 13.1 Å². The number of rotatable bonds is 4. The minimum atomic E-state index is -0.377. The molecular formula is C22H23FN4O2. The molecule has 1 amide bonds. The van der Waals surface area contributed by atoms with Gasteiger partial charge in [-0.25, -0.2) is 19.3 Å². The van der Waals surface area contributed by atoms with Crippen LogP contribution in [0, 0.1) is 12.7 Å². The first-order valence-electron chi connectivity index (χ1n) is 9.70. The van der Waals surface area contributed by atoms with Crippen molar-refractivity contribution in [1.29, 1.82) is 0 Å². The number of nitrogens with zero attached hydrogens (tertiary/aromatic N) is 4. The zero-order valence-corrected chi connectivity index (χ0v) is 16.6. The molecule has 0 N–H and O–H groups in total. The van der Waals surface area contributed by atoms with E-state index in [0.29, 0.717) is 42.4 Å². The van der Waals surface area contributed by atoms with Gasteiger partial charge in [0.05, 0.1) is 22.9 Å². The monoisotopic (exact) mass is 394 g/mol. The number of carbonyl (C=O) groups excluding carboxylic acids is 1. The van der Waals surface area contributed by atoms with Crippen LogP contribution in [0.3, 0.4) is 0 Å². The molecule has 150 valence electrons. The number of halogens is 1. The summed E-state index contributed by atoms with van der Waals surface area (Å²) in [5.41, 5.74) is 1.65. The Morgan fingerprint density at radius 2 is 2.17 bits per heavy atom. The number of piperidine rings is 1. The molecule has 0 saturated carbocycles. The number of amides is 1. The summed E-state index contributed by atoms with van der Waals surface area (Å²) in [5.74, 6) is 0.960. The third kappa shape index (κ3) is 4.04. The van der Waals surface area contributed by atoms with E-state index in [-0.39, 0.29) is 17.1 Å². The van der Waals surface area contributed by atoms with E-state index in [4.69, 9.17) is 4.42 Å². The average molecular weight is 394 g/mol. The minimum Gasteiger partial charge on any atom is -0.445 e. The van der Waals surface area contributed by atoms with Gasteiger partial charge < -0.3 is 9.32 Å². The fourth-order valence-corrected chi connectivity index (χ4v) is 3.87. The molecule has 3 heterocycles. The van der Waals surface area contributed by atoms with Crippen LogP contribution in [0.4, 0.5) is 4.39 Å². The van der Waals surface area contributed by atoms with Crippen molar-refractivity contribution < 1.29 is 13.6 Å². The lowest BCUT2D eigenvalue weighted by molar-refractivity contribution is 0.0624. The van der Waals surface area contributed by atoms with Gasteiger partial charge in [0.1, 0.15) is 17.9 Å². The van der Waals surface area contributed by atoms with Gasteiger partial charge in [0.25, 0.3) is 5.91 Å². The molecule has 1 aliphatic rings. The maximum atomic E-state index is 13.4. The molecule has 0 aliphatic carbocycles. The van der Waals surface area contributed by atoms with Crippen molar-refractivity contribution in [3.05, 3.63) is 77.3 Å². The van der Waals surface area contributed by atoms with E-state index in [1.807, 2.05) is 17.9 Å². The van der Waals surface area contributed by atoms with Gasteiger partial charge in [-0.2, -0.15) is 0 Å². The number of hydrogen-bond acceptors (Lipinski definition) is 5. The summed E-state index contributed by atoms with van der Waals surface area (Å²) < 4.78 is 19.5. The lowest BCUT2D eigenvalue weighted by Gasteiger charge is -2.38. The molecule has 29 heavy (non-hydrogen) atoms. The fraction of sp³-hybridized carbons (Fsp3) is 0.364. The first kappa shape index (κ1) is 19.2. The Labute approximate surface area is 168 Å². The van der Waals surface area contributed by atoms with Crippen LogP contribution in [-0.2, 0) is 11.8 Å². The number of carbonyl (C=O) groups is 1. The van der Waals surface area contributed by atoms with Gasteiger partial charge in [0, 0.05) is 25.7 Å². The van der Waals surface area contributed by atoms with Crippen molar-refractivity contribution in [2.24, 2.45) is 0 Å². The van der Waals surface area contributed by atoms with Gasteiger partial charge in [-0.15, -0.1) is 0 Å². The molecule has 6 nitrogen and oxygen atoms in total. The largest absolute Gasteiger partial charge is 0.445 e. The molecule has 1 saturated heterocycles. The predicted molar refractivity (Wildman–Crippen MR) is 105 cm³/mol. The van der Waals surface area contributed by atoms with Crippen molar-refractivity contribution in [3.8, 4) is 0 Å². The number of aryl methyl sites for hydroxylation is 1. The molecule has 1 aliphatic heterocycles. The van der Waals surface area contributed by atoms with E-state index in [1.54, 1.807) is 18.5 Å². The summed E-state index contributed by atoms with van der Waals surface area (Å²) in [6.07, 6.45) is 6.92. The van der Waals surface area contributed by atoms with Crippen LogP contribution in [-0.4, -0.2) is 38.8 Å². The molecule has 0 spiro atoms. The topological polar surface area (TPSA) is 72.1 Å². The molecule has 1 aromatic carbocycles. The molecule has 4 rings (SSSR count). The first-order valence-corrected chi connectivity index (χ1v) is 9.70. The second kappa shape index (κ2) is 7.73. The van der Waals surface area contributed by atoms with E-state index in [2.05, 4.69) is 21.9 Å². The van der Waals surface area contributed by atoms with Crippen LogP contribution in [0.15, 0.2) is 47.4 Å². The van der Waals surface area contributed by atoms with Crippen LogP contribution in [0.25, 0.3) is 0 Å².